The first kappa shape index (κ1) is 12.7. The van der Waals surface area contributed by atoms with Crippen molar-refractivity contribution < 1.29 is 8.78 Å². The molecule has 3 rings (SSSR count). The fourth-order valence-electron chi connectivity index (χ4n) is 2.56. The van der Waals surface area contributed by atoms with Crippen LogP contribution < -0.4 is 4.90 Å². The van der Waals surface area contributed by atoms with Gasteiger partial charge in [0.05, 0.1) is 5.69 Å². The molecule has 1 fully saturated rings. The largest absolute Gasteiger partial charge is 0.371 e. The Balaban J connectivity index is 1.95. The van der Waals surface area contributed by atoms with Gasteiger partial charge >= 0.3 is 0 Å². The molecule has 5 heteroatoms. The highest BCUT2D eigenvalue weighted by Crippen LogP contribution is 2.35. The van der Waals surface area contributed by atoms with E-state index in [0.29, 0.717) is 5.69 Å². The molecule has 0 bridgehead atoms. The molecule has 0 aliphatic carbocycles. The number of H-pyrrole nitrogens is 1. The molecule has 2 heterocycles. The number of nitrogens with one attached hydrogen (secondary N) is 1. The van der Waals surface area contributed by atoms with E-state index in [4.69, 9.17) is 0 Å². The summed E-state index contributed by atoms with van der Waals surface area (Å²) in [5, 5.41) is 1.94. The lowest BCUT2D eigenvalue weighted by molar-refractivity contribution is 0.152. The van der Waals surface area contributed by atoms with Gasteiger partial charge in [-0.15, -0.1) is 0 Å². The van der Waals surface area contributed by atoms with Gasteiger partial charge in [0.2, 0.25) is 0 Å². The van der Waals surface area contributed by atoms with E-state index in [1.165, 1.54) is 18.0 Å². The molecule has 1 aromatic carbocycles. The zero-order valence-electron chi connectivity index (χ0n) is 10.5. The summed E-state index contributed by atoms with van der Waals surface area (Å²) in [5.74, 6) is 0. The lowest BCUT2D eigenvalue weighted by Crippen LogP contribution is -2.30. The van der Waals surface area contributed by atoms with Gasteiger partial charge in [-0.3, -0.25) is 0 Å². The molecule has 0 saturated carbocycles. The van der Waals surface area contributed by atoms with Crippen molar-refractivity contribution in [2.75, 3.05) is 18.0 Å². The van der Waals surface area contributed by atoms with Crippen molar-refractivity contribution in [1.29, 1.82) is 0 Å². The fraction of sp³-hybridized carbons (Fsp3) is 0.429. The second kappa shape index (κ2) is 5.33. The monoisotopic (exact) mass is 282 g/mol. The molecule has 1 aliphatic rings. The van der Waals surface area contributed by atoms with Gasteiger partial charge in [0, 0.05) is 35.3 Å². The van der Waals surface area contributed by atoms with Crippen molar-refractivity contribution in [3.63, 3.8) is 0 Å². The average Bonchev–Trinajstić information content (AvgIpc) is 2.37. The summed E-state index contributed by atoms with van der Waals surface area (Å²) in [4.78, 5) is 2.09. The number of benzene rings is 1. The Bertz CT molecular complexity index is 532. The van der Waals surface area contributed by atoms with E-state index in [2.05, 4.69) is 9.27 Å². The first-order chi connectivity index (χ1) is 9.25. The Labute approximate surface area is 115 Å². The van der Waals surface area contributed by atoms with E-state index in [1.807, 2.05) is 17.5 Å². The lowest BCUT2D eigenvalue weighted by Gasteiger charge is -2.30. The average molecular weight is 282 g/mol. The minimum Gasteiger partial charge on any atom is -0.371 e. The molecule has 0 spiro atoms. The Morgan fingerprint density at radius 3 is 2.47 bits per heavy atom. The number of hydrogen-bond donors (Lipinski definition) is 1. The summed E-state index contributed by atoms with van der Waals surface area (Å²) >= 11 is 1.48. The maximum absolute atomic E-state index is 13.3. The van der Waals surface area contributed by atoms with Crippen LogP contribution in [-0.2, 0) is 0 Å². The zero-order chi connectivity index (χ0) is 13.2. The number of nitrogens with zero attached hydrogens (tertiary/aromatic N) is 1. The smallest absolute Gasteiger partial charge is 0.265 e. The Kier molecular flexibility index (Phi) is 3.55. The van der Waals surface area contributed by atoms with Crippen LogP contribution in [0.1, 0.15) is 31.3 Å². The normalized spacial score (nSPS) is 16.3. The summed E-state index contributed by atoms with van der Waals surface area (Å²) in [6, 6.07) is 5.38. The van der Waals surface area contributed by atoms with Gasteiger partial charge in [-0.05, 0) is 31.4 Å². The molecule has 1 saturated heterocycles. The predicted molar refractivity (Wildman–Crippen MR) is 75.1 cm³/mol. The van der Waals surface area contributed by atoms with E-state index in [0.717, 1.165) is 37.2 Å². The molecule has 0 radical (unpaired) electrons. The summed E-state index contributed by atoms with van der Waals surface area (Å²) in [6.07, 6.45) is 0.957. The molecule has 1 aliphatic heterocycles. The van der Waals surface area contributed by atoms with Gasteiger partial charge in [-0.25, -0.2) is 8.78 Å². The molecule has 1 aromatic heterocycles. The summed E-state index contributed by atoms with van der Waals surface area (Å²) in [6.45, 7) is 1.77. The van der Waals surface area contributed by atoms with Crippen LogP contribution in [0.4, 0.5) is 14.5 Å². The molecule has 0 unspecified atom stereocenters. The van der Waals surface area contributed by atoms with Gasteiger partial charge in [0.15, 0.2) is 0 Å². The number of alkyl halides is 2. The van der Waals surface area contributed by atoms with Crippen molar-refractivity contribution in [3.05, 3.63) is 29.1 Å². The number of hydrogen-bond acceptors (Lipinski definition) is 2. The predicted octanol–water partition coefficient (Wildman–Crippen LogP) is 4.67. The van der Waals surface area contributed by atoms with Gasteiger partial charge in [-0.1, -0.05) is 17.6 Å². The van der Waals surface area contributed by atoms with Crippen LogP contribution in [0.3, 0.4) is 0 Å². The van der Waals surface area contributed by atoms with Crippen LogP contribution in [0.2, 0.25) is 0 Å². The standard InChI is InChI=1S/C14H16F2N2S/c15-14(16)11-8-10(12-9-19-17-12)4-5-13(11)18-6-2-1-3-7-18/h4-5,8-9,14,17H,1-3,6-7H2. The third kappa shape index (κ3) is 2.52. The van der Waals surface area contributed by atoms with Crippen LogP contribution in [-0.4, -0.2) is 17.5 Å². The third-order valence-electron chi connectivity index (χ3n) is 3.62. The molecule has 1 N–H and O–H groups in total. The zero-order valence-corrected chi connectivity index (χ0v) is 11.4. The SMILES string of the molecule is FC(F)c1cc(-c2cs[nH]2)ccc1N1CCCCC1. The van der Waals surface area contributed by atoms with E-state index in [1.54, 1.807) is 6.07 Å². The van der Waals surface area contributed by atoms with Crippen molar-refractivity contribution in [2.45, 2.75) is 25.7 Å². The van der Waals surface area contributed by atoms with E-state index < -0.39 is 6.43 Å². The Morgan fingerprint density at radius 2 is 1.89 bits per heavy atom. The molecule has 0 amide bonds. The lowest BCUT2D eigenvalue weighted by atomic mass is 10.0. The molecule has 102 valence electrons. The van der Waals surface area contributed by atoms with Gasteiger partial charge in [0.25, 0.3) is 6.43 Å². The van der Waals surface area contributed by atoms with Gasteiger partial charge < -0.3 is 9.27 Å². The third-order valence-corrected chi connectivity index (χ3v) is 4.31. The minimum atomic E-state index is -2.43. The first-order valence-electron chi connectivity index (χ1n) is 6.55. The molecule has 2 aromatic rings. The van der Waals surface area contributed by atoms with Crippen molar-refractivity contribution in [1.82, 2.24) is 4.37 Å². The van der Waals surface area contributed by atoms with Gasteiger partial charge in [0.1, 0.15) is 0 Å². The second-order valence-corrected chi connectivity index (χ2v) is 5.55. The quantitative estimate of drug-likeness (QED) is 0.866. The number of halogens is 2. The van der Waals surface area contributed by atoms with Crippen LogP contribution in [0.15, 0.2) is 23.6 Å². The van der Waals surface area contributed by atoms with Crippen LogP contribution in [0, 0.1) is 0 Å². The molecular formula is C14H16F2N2S. The number of aromatic nitrogens is 1. The second-order valence-electron chi connectivity index (χ2n) is 4.87. The number of aromatic amines is 1. The molecule has 19 heavy (non-hydrogen) atoms. The molecule has 0 atom stereocenters. The Hall–Kier alpha value is -1.36. The van der Waals surface area contributed by atoms with Crippen molar-refractivity contribution >= 4 is 17.2 Å². The molecule has 2 nitrogen and oxygen atoms in total. The number of rotatable bonds is 3. The molecular weight excluding hydrogens is 266 g/mol. The highest BCUT2D eigenvalue weighted by Gasteiger charge is 2.20. The van der Waals surface area contributed by atoms with Crippen LogP contribution in [0.5, 0.6) is 0 Å². The van der Waals surface area contributed by atoms with Crippen LogP contribution in [0.25, 0.3) is 11.3 Å². The highest BCUT2D eigenvalue weighted by atomic mass is 32.1. The maximum atomic E-state index is 13.3. The van der Waals surface area contributed by atoms with Crippen molar-refractivity contribution in [3.8, 4) is 11.3 Å². The van der Waals surface area contributed by atoms with E-state index in [9.17, 15) is 8.78 Å². The van der Waals surface area contributed by atoms with Crippen molar-refractivity contribution in [2.24, 2.45) is 0 Å². The Morgan fingerprint density at radius 1 is 1.16 bits per heavy atom. The minimum absolute atomic E-state index is 0.152. The summed E-state index contributed by atoms with van der Waals surface area (Å²) in [7, 11) is 0. The van der Waals surface area contributed by atoms with Gasteiger partial charge in [-0.2, -0.15) is 0 Å². The number of anilines is 1. The summed E-state index contributed by atoms with van der Waals surface area (Å²) in [5.41, 5.74) is 2.62. The summed E-state index contributed by atoms with van der Waals surface area (Å²) < 4.78 is 29.6. The van der Waals surface area contributed by atoms with Crippen LogP contribution >= 0.6 is 11.5 Å². The topological polar surface area (TPSA) is 19.0 Å². The van der Waals surface area contributed by atoms with E-state index in [-0.39, 0.29) is 5.56 Å². The number of piperidine rings is 1. The van der Waals surface area contributed by atoms with E-state index >= 15 is 0 Å². The first-order valence-corrected chi connectivity index (χ1v) is 7.43. The fourth-order valence-corrected chi connectivity index (χ4v) is 3.05. The maximum Gasteiger partial charge on any atom is 0.265 e. The highest BCUT2D eigenvalue weighted by molar-refractivity contribution is 7.05.